The Morgan fingerprint density at radius 3 is 2.69 bits per heavy atom. The summed E-state index contributed by atoms with van der Waals surface area (Å²) in [5.74, 6) is -0.333. The molecule has 1 saturated carbocycles. The van der Waals surface area contributed by atoms with Crippen LogP contribution in [0.25, 0.3) is 10.8 Å². The molecule has 4 N–H and O–H groups in total. The van der Waals surface area contributed by atoms with E-state index in [4.69, 9.17) is 5.11 Å². The molecule has 1 heterocycles. The van der Waals surface area contributed by atoms with Crippen molar-refractivity contribution in [3.05, 3.63) is 46.4 Å². The third-order valence-corrected chi connectivity index (χ3v) is 5.76. The van der Waals surface area contributed by atoms with E-state index < -0.39 is 18.3 Å². The molecule has 2 aromatic rings. The Labute approximate surface area is 170 Å². The lowest BCUT2D eigenvalue weighted by molar-refractivity contribution is -0.0361. The standard InChI is InChI=1S/C22H30N2O5/c1-21(2)8-4-9-22(29,13-21)14-23-19(27)17-5-3-6-18-16(17)7-10-24(20(18)28)11-15(26)12-25/h3,5-7,10,15,25-26,29H,4,8-9,11-14H2,1-2H3,(H,23,27). The van der Waals surface area contributed by atoms with Crippen LogP contribution in [-0.2, 0) is 6.54 Å². The van der Waals surface area contributed by atoms with Crippen molar-refractivity contribution >= 4 is 16.7 Å². The molecule has 0 spiro atoms. The number of pyridine rings is 1. The normalized spacial score (nSPS) is 22.4. The third kappa shape index (κ3) is 4.86. The maximum atomic E-state index is 12.8. The van der Waals surface area contributed by atoms with Crippen LogP contribution < -0.4 is 10.9 Å². The van der Waals surface area contributed by atoms with Gasteiger partial charge in [-0.15, -0.1) is 0 Å². The predicted molar refractivity (Wildman–Crippen MR) is 111 cm³/mol. The average molecular weight is 402 g/mol. The summed E-state index contributed by atoms with van der Waals surface area (Å²) in [5.41, 5.74) is -0.846. The topological polar surface area (TPSA) is 112 Å². The number of aliphatic hydroxyl groups excluding tert-OH is 2. The minimum absolute atomic E-state index is 0.0233. The SMILES string of the molecule is CC1(C)CCCC(O)(CNC(=O)c2cccc3c(=O)n(CC(O)CO)ccc23)C1. The number of nitrogens with zero attached hydrogens (tertiary/aromatic N) is 1. The Hall–Kier alpha value is -2.22. The van der Waals surface area contributed by atoms with E-state index in [0.29, 0.717) is 29.2 Å². The van der Waals surface area contributed by atoms with Crippen molar-refractivity contribution in [2.75, 3.05) is 13.2 Å². The summed E-state index contributed by atoms with van der Waals surface area (Å²) < 4.78 is 1.32. The van der Waals surface area contributed by atoms with E-state index in [2.05, 4.69) is 19.2 Å². The van der Waals surface area contributed by atoms with Crippen LogP contribution in [0.15, 0.2) is 35.3 Å². The van der Waals surface area contributed by atoms with Gasteiger partial charge >= 0.3 is 0 Å². The van der Waals surface area contributed by atoms with Crippen LogP contribution >= 0.6 is 0 Å². The summed E-state index contributed by atoms with van der Waals surface area (Å²) in [5, 5.41) is 33.2. The van der Waals surface area contributed by atoms with E-state index >= 15 is 0 Å². The number of carbonyl (C=O) groups is 1. The largest absolute Gasteiger partial charge is 0.394 e. The number of hydrogen-bond acceptors (Lipinski definition) is 5. The maximum absolute atomic E-state index is 12.8. The molecule has 3 rings (SSSR count). The van der Waals surface area contributed by atoms with E-state index in [-0.39, 0.29) is 30.0 Å². The van der Waals surface area contributed by atoms with Crippen LogP contribution in [0.2, 0.25) is 0 Å². The highest BCUT2D eigenvalue weighted by Crippen LogP contribution is 2.40. The van der Waals surface area contributed by atoms with Crippen molar-refractivity contribution < 1.29 is 20.1 Å². The highest BCUT2D eigenvalue weighted by molar-refractivity contribution is 6.06. The number of benzene rings is 1. The number of carbonyl (C=O) groups excluding carboxylic acids is 1. The molecule has 1 fully saturated rings. The third-order valence-electron chi connectivity index (χ3n) is 5.76. The van der Waals surface area contributed by atoms with Gasteiger partial charge in [-0.05, 0) is 49.3 Å². The zero-order valence-electron chi connectivity index (χ0n) is 17.0. The zero-order chi connectivity index (χ0) is 21.2. The lowest BCUT2D eigenvalue weighted by Gasteiger charge is -2.41. The second-order valence-corrected chi connectivity index (χ2v) is 8.98. The monoisotopic (exact) mass is 402 g/mol. The summed E-state index contributed by atoms with van der Waals surface area (Å²) >= 11 is 0. The quantitative estimate of drug-likeness (QED) is 0.584. The van der Waals surface area contributed by atoms with Gasteiger partial charge in [0, 0.05) is 29.1 Å². The van der Waals surface area contributed by atoms with Gasteiger partial charge in [-0.2, -0.15) is 0 Å². The fourth-order valence-electron chi connectivity index (χ4n) is 4.40. The summed E-state index contributed by atoms with van der Waals surface area (Å²) in [7, 11) is 0. The van der Waals surface area contributed by atoms with Crippen molar-refractivity contribution in [3.63, 3.8) is 0 Å². The predicted octanol–water partition coefficient (Wildman–Crippen LogP) is 1.42. The fraction of sp³-hybridized carbons (Fsp3) is 0.545. The Morgan fingerprint density at radius 1 is 1.24 bits per heavy atom. The highest BCUT2D eigenvalue weighted by atomic mass is 16.3. The molecule has 7 heteroatoms. The zero-order valence-corrected chi connectivity index (χ0v) is 17.0. The highest BCUT2D eigenvalue weighted by Gasteiger charge is 2.38. The van der Waals surface area contributed by atoms with Gasteiger partial charge in [0.2, 0.25) is 0 Å². The second-order valence-electron chi connectivity index (χ2n) is 8.98. The number of nitrogens with one attached hydrogen (secondary N) is 1. The number of aliphatic hydroxyl groups is 3. The average Bonchev–Trinajstić information content (AvgIpc) is 2.67. The molecule has 29 heavy (non-hydrogen) atoms. The van der Waals surface area contributed by atoms with E-state index in [9.17, 15) is 19.8 Å². The van der Waals surface area contributed by atoms with E-state index in [0.717, 1.165) is 12.8 Å². The van der Waals surface area contributed by atoms with Gasteiger partial charge < -0.3 is 25.2 Å². The van der Waals surface area contributed by atoms with Gasteiger partial charge in [0.15, 0.2) is 0 Å². The number of hydrogen-bond donors (Lipinski definition) is 4. The minimum atomic E-state index is -1.03. The molecular weight excluding hydrogens is 372 g/mol. The van der Waals surface area contributed by atoms with Crippen LogP contribution in [0.4, 0.5) is 0 Å². The van der Waals surface area contributed by atoms with Gasteiger partial charge in [0.05, 0.1) is 24.9 Å². The molecule has 1 aromatic heterocycles. The smallest absolute Gasteiger partial charge is 0.258 e. The molecule has 2 atom stereocenters. The van der Waals surface area contributed by atoms with Crippen LogP contribution in [-0.4, -0.2) is 50.7 Å². The Morgan fingerprint density at radius 2 is 2.00 bits per heavy atom. The summed E-state index contributed by atoms with van der Waals surface area (Å²) in [6.07, 6.45) is 3.75. The lowest BCUT2D eigenvalue weighted by Crippen LogP contribution is -2.48. The Kier molecular flexibility index (Phi) is 6.12. The number of rotatable bonds is 6. The summed E-state index contributed by atoms with van der Waals surface area (Å²) in [6, 6.07) is 6.59. The number of fused-ring (bicyclic) bond motifs is 1. The molecule has 2 unspecified atom stereocenters. The van der Waals surface area contributed by atoms with Gasteiger partial charge in [0.1, 0.15) is 0 Å². The molecule has 0 bridgehead atoms. The number of amides is 1. The first-order valence-corrected chi connectivity index (χ1v) is 10.1. The minimum Gasteiger partial charge on any atom is -0.394 e. The van der Waals surface area contributed by atoms with E-state index in [1.165, 1.54) is 10.8 Å². The second kappa shape index (κ2) is 8.26. The first-order valence-electron chi connectivity index (χ1n) is 10.1. The van der Waals surface area contributed by atoms with Crippen molar-refractivity contribution in [1.29, 1.82) is 0 Å². The van der Waals surface area contributed by atoms with Crippen molar-refractivity contribution in [2.24, 2.45) is 5.41 Å². The summed E-state index contributed by atoms with van der Waals surface area (Å²) in [4.78, 5) is 25.5. The van der Waals surface area contributed by atoms with Crippen molar-refractivity contribution in [1.82, 2.24) is 9.88 Å². The molecule has 1 amide bonds. The Bertz CT molecular complexity index is 952. The van der Waals surface area contributed by atoms with Crippen LogP contribution in [0.1, 0.15) is 49.9 Å². The van der Waals surface area contributed by atoms with E-state index in [1.54, 1.807) is 24.3 Å². The summed E-state index contributed by atoms with van der Waals surface area (Å²) in [6.45, 7) is 3.97. The molecular formula is C22H30N2O5. The van der Waals surface area contributed by atoms with Crippen LogP contribution in [0, 0.1) is 5.41 Å². The molecule has 7 nitrogen and oxygen atoms in total. The molecule has 1 aromatic carbocycles. The molecule has 0 saturated heterocycles. The molecule has 0 aliphatic heterocycles. The Balaban J connectivity index is 1.81. The fourth-order valence-corrected chi connectivity index (χ4v) is 4.40. The van der Waals surface area contributed by atoms with Crippen molar-refractivity contribution in [3.8, 4) is 0 Å². The van der Waals surface area contributed by atoms with Crippen LogP contribution in [0.5, 0.6) is 0 Å². The van der Waals surface area contributed by atoms with Gasteiger partial charge in [-0.25, -0.2) is 0 Å². The molecule has 1 aliphatic carbocycles. The van der Waals surface area contributed by atoms with Gasteiger partial charge in [-0.3, -0.25) is 9.59 Å². The first-order chi connectivity index (χ1) is 13.6. The number of aromatic nitrogens is 1. The van der Waals surface area contributed by atoms with Gasteiger partial charge in [0.25, 0.3) is 11.5 Å². The van der Waals surface area contributed by atoms with Crippen LogP contribution in [0.3, 0.4) is 0 Å². The molecule has 0 radical (unpaired) electrons. The van der Waals surface area contributed by atoms with Gasteiger partial charge in [-0.1, -0.05) is 19.9 Å². The van der Waals surface area contributed by atoms with E-state index in [1.807, 2.05) is 0 Å². The van der Waals surface area contributed by atoms with Crippen molar-refractivity contribution in [2.45, 2.75) is 57.8 Å². The molecule has 1 aliphatic rings. The maximum Gasteiger partial charge on any atom is 0.258 e. The lowest BCUT2D eigenvalue weighted by atomic mass is 9.70. The molecule has 158 valence electrons. The first kappa shape index (κ1) is 21.5.